The fourth-order valence-electron chi connectivity index (χ4n) is 4.94. The number of nitrogens with zero attached hydrogens (tertiary/aromatic N) is 1. The summed E-state index contributed by atoms with van der Waals surface area (Å²) in [7, 11) is 0. The first kappa shape index (κ1) is 25.2. The average molecular weight is 540 g/mol. The van der Waals surface area contributed by atoms with Crippen molar-refractivity contribution in [2.24, 2.45) is 0 Å². The van der Waals surface area contributed by atoms with E-state index in [4.69, 9.17) is 16.7 Å². The Morgan fingerprint density at radius 3 is 2.41 bits per heavy atom. The Hall–Kier alpha value is -3.42. The summed E-state index contributed by atoms with van der Waals surface area (Å²) in [5.41, 5.74) is 4.86. The number of benzene rings is 3. The van der Waals surface area contributed by atoms with E-state index in [0.717, 1.165) is 58.0 Å². The van der Waals surface area contributed by atoms with Gasteiger partial charge in [0.05, 0.1) is 21.3 Å². The van der Waals surface area contributed by atoms with Crippen molar-refractivity contribution in [3.63, 3.8) is 0 Å². The van der Waals surface area contributed by atoms with Crippen LogP contribution in [0.3, 0.4) is 0 Å². The molecule has 0 radical (unpaired) electrons. The van der Waals surface area contributed by atoms with Gasteiger partial charge in [0.2, 0.25) is 0 Å². The Balaban J connectivity index is 1.54. The molecule has 1 saturated carbocycles. The van der Waals surface area contributed by atoms with Crippen LogP contribution in [0.1, 0.15) is 46.6 Å². The number of alkyl halides is 3. The van der Waals surface area contributed by atoms with Crippen LogP contribution in [-0.2, 0) is 16.4 Å². The lowest BCUT2D eigenvalue weighted by Crippen LogP contribution is -2.41. The van der Waals surface area contributed by atoms with E-state index in [2.05, 4.69) is 23.2 Å². The highest BCUT2D eigenvalue weighted by Gasteiger charge is 2.48. The maximum absolute atomic E-state index is 13.2. The smallest absolute Gasteiger partial charge is 0.416 e. The molecule has 0 aliphatic heterocycles. The van der Waals surface area contributed by atoms with Crippen molar-refractivity contribution in [2.75, 3.05) is 0 Å². The molecule has 5 rings (SSSR count). The number of carboxylic acids is 1. The summed E-state index contributed by atoms with van der Waals surface area (Å²) < 4.78 is 40.8. The molecule has 0 amide bonds. The average Bonchev–Trinajstić information content (AvgIpc) is 3.32. The topological polar surface area (TPSA) is 50.2 Å². The van der Waals surface area contributed by atoms with Gasteiger partial charge in [-0.2, -0.15) is 13.2 Å². The predicted molar refractivity (Wildman–Crippen MR) is 142 cm³/mol. The molecular formula is C29H21ClF3NO2S. The molecule has 1 aliphatic carbocycles. The third kappa shape index (κ3) is 5.06. The van der Waals surface area contributed by atoms with Crippen molar-refractivity contribution < 1.29 is 23.1 Å². The molecule has 2 atom stereocenters. The molecule has 0 saturated heterocycles. The number of allylic oxidation sites excluding steroid dienone is 1. The second-order valence-electron chi connectivity index (χ2n) is 9.07. The third-order valence-electron chi connectivity index (χ3n) is 6.97. The normalized spacial score (nSPS) is 20.1. The number of halogens is 4. The summed E-state index contributed by atoms with van der Waals surface area (Å²) in [6.45, 7) is 0. The number of hydrogen-bond acceptors (Lipinski definition) is 3. The summed E-state index contributed by atoms with van der Waals surface area (Å²) in [5, 5.41) is 8.94. The number of aromatic nitrogens is 1. The maximum atomic E-state index is 13.2. The highest BCUT2D eigenvalue weighted by Crippen LogP contribution is 2.57. The first-order valence-corrected chi connectivity index (χ1v) is 12.8. The van der Waals surface area contributed by atoms with E-state index in [0.29, 0.717) is 5.56 Å². The Bertz CT molecular complexity index is 1520. The fourth-order valence-corrected chi connectivity index (χ4v) is 5.91. The molecule has 1 aromatic heterocycles. The van der Waals surface area contributed by atoms with Crippen LogP contribution < -0.4 is 0 Å². The lowest BCUT2D eigenvalue weighted by atomic mass is 9.54. The number of rotatable bonds is 6. The lowest BCUT2D eigenvalue weighted by Gasteiger charge is -2.49. The molecule has 1 aliphatic rings. The number of carbonyl (C=O) groups is 1. The second-order valence-corrected chi connectivity index (χ2v) is 10.4. The molecule has 0 spiro atoms. The molecular weight excluding hydrogens is 519 g/mol. The summed E-state index contributed by atoms with van der Waals surface area (Å²) in [4.78, 5) is 15.2. The van der Waals surface area contributed by atoms with Crippen LogP contribution in [0.15, 0.2) is 78.3 Å². The van der Waals surface area contributed by atoms with E-state index >= 15 is 0 Å². The minimum absolute atomic E-state index is 0.104. The van der Waals surface area contributed by atoms with Crippen molar-refractivity contribution >= 4 is 51.3 Å². The highest BCUT2D eigenvalue weighted by atomic mass is 35.5. The predicted octanol–water partition coefficient (Wildman–Crippen LogP) is 8.60. The van der Waals surface area contributed by atoms with Crippen LogP contribution in [0.5, 0.6) is 0 Å². The standard InChI is InChI=1S/C29H21ClF3NO2S/c30-24-15-21(29(31,32)33)6-8-22(24)23-12-14-28(23,20-7-9-26-25(16-20)34-17-37-26)13-11-19-3-1-18(2-4-19)5-10-27(35)36/h1-11,13,15-17,23H,12,14H2,(H,35,36)/b10-5+,13-11+. The molecule has 37 heavy (non-hydrogen) atoms. The summed E-state index contributed by atoms with van der Waals surface area (Å²) in [5.74, 6) is -1.12. The Morgan fingerprint density at radius 2 is 1.78 bits per heavy atom. The van der Waals surface area contributed by atoms with Crippen LogP contribution in [0, 0.1) is 0 Å². The summed E-state index contributed by atoms with van der Waals surface area (Å²) in [6.07, 6.45) is 3.85. The minimum atomic E-state index is -4.46. The van der Waals surface area contributed by atoms with Crippen LogP contribution in [0.2, 0.25) is 5.02 Å². The van der Waals surface area contributed by atoms with E-state index in [1.807, 2.05) is 36.4 Å². The molecule has 1 heterocycles. The van der Waals surface area contributed by atoms with Crippen LogP contribution in [-0.4, -0.2) is 16.1 Å². The van der Waals surface area contributed by atoms with Crippen molar-refractivity contribution in [1.29, 1.82) is 0 Å². The Labute approximate surface area is 220 Å². The van der Waals surface area contributed by atoms with Crippen LogP contribution in [0.25, 0.3) is 22.4 Å². The van der Waals surface area contributed by atoms with Gasteiger partial charge in [0.15, 0.2) is 0 Å². The van der Waals surface area contributed by atoms with Crippen molar-refractivity contribution in [1.82, 2.24) is 4.98 Å². The molecule has 1 fully saturated rings. The zero-order valence-corrected chi connectivity index (χ0v) is 20.9. The molecule has 0 bridgehead atoms. The van der Waals surface area contributed by atoms with Gasteiger partial charge in [-0.3, -0.25) is 0 Å². The van der Waals surface area contributed by atoms with E-state index in [-0.39, 0.29) is 10.9 Å². The van der Waals surface area contributed by atoms with Gasteiger partial charge in [-0.1, -0.05) is 60.2 Å². The zero-order valence-electron chi connectivity index (χ0n) is 19.4. The van der Waals surface area contributed by atoms with Gasteiger partial charge in [-0.05, 0) is 71.4 Å². The summed E-state index contributed by atoms with van der Waals surface area (Å²) >= 11 is 7.99. The number of aliphatic carboxylic acids is 1. The quantitative estimate of drug-likeness (QED) is 0.250. The summed E-state index contributed by atoms with van der Waals surface area (Å²) in [6, 6.07) is 17.2. The fraction of sp³-hybridized carbons (Fsp3) is 0.172. The van der Waals surface area contributed by atoms with E-state index in [1.165, 1.54) is 12.1 Å². The van der Waals surface area contributed by atoms with Gasteiger partial charge in [-0.15, -0.1) is 11.3 Å². The second kappa shape index (κ2) is 9.80. The molecule has 1 N–H and O–H groups in total. The van der Waals surface area contributed by atoms with E-state index in [1.54, 1.807) is 16.8 Å². The molecule has 2 unspecified atom stereocenters. The van der Waals surface area contributed by atoms with Gasteiger partial charge >= 0.3 is 12.1 Å². The molecule has 4 aromatic rings. The number of thiazole rings is 1. The molecule has 8 heteroatoms. The molecule has 188 valence electrons. The highest BCUT2D eigenvalue weighted by molar-refractivity contribution is 7.16. The van der Waals surface area contributed by atoms with Gasteiger partial charge in [0.1, 0.15) is 0 Å². The van der Waals surface area contributed by atoms with Crippen molar-refractivity contribution in [2.45, 2.75) is 30.4 Å². The lowest BCUT2D eigenvalue weighted by molar-refractivity contribution is -0.137. The minimum Gasteiger partial charge on any atom is -0.478 e. The Morgan fingerprint density at radius 1 is 1.05 bits per heavy atom. The van der Waals surface area contributed by atoms with Gasteiger partial charge < -0.3 is 5.11 Å². The SMILES string of the molecule is O=C(O)/C=C/c1ccc(/C=C/C2(c3ccc4scnc4c3)CCC2c2ccc(C(F)(F)F)cc2Cl)cc1. The van der Waals surface area contributed by atoms with E-state index in [9.17, 15) is 18.0 Å². The monoisotopic (exact) mass is 539 g/mol. The number of fused-ring (bicyclic) bond motifs is 1. The first-order chi connectivity index (χ1) is 17.7. The van der Waals surface area contributed by atoms with Crippen molar-refractivity contribution in [3.05, 3.63) is 111 Å². The maximum Gasteiger partial charge on any atom is 0.416 e. The van der Waals surface area contributed by atoms with E-state index < -0.39 is 23.1 Å². The third-order valence-corrected chi connectivity index (χ3v) is 8.10. The number of hydrogen-bond donors (Lipinski definition) is 1. The van der Waals surface area contributed by atoms with Gasteiger partial charge in [0.25, 0.3) is 0 Å². The molecule has 3 aromatic carbocycles. The van der Waals surface area contributed by atoms with Crippen LogP contribution >= 0.6 is 22.9 Å². The van der Waals surface area contributed by atoms with Crippen molar-refractivity contribution in [3.8, 4) is 0 Å². The van der Waals surface area contributed by atoms with Crippen LogP contribution in [0.4, 0.5) is 13.2 Å². The Kier molecular flexibility index (Phi) is 6.68. The largest absolute Gasteiger partial charge is 0.478 e. The number of carboxylic acid groups (broad SMARTS) is 1. The van der Waals surface area contributed by atoms with Gasteiger partial charge in [-0.25, -0.2) is 9.78 Å². The van der Waals surface area contributed by atoms with Gasteiger partial charge in [0, 0.05) is 16.5 Å². The molecule has 3 nitrogen and oxygen atoms in total. The first-order valence-electron chi connectivity index (χ1n) is 11.6. The zero-order chi connectivity index (χ0) is 26.2.